The highest BCUT2D eigenvalue weighted by molar-refractivity contribution is 7.16. The molecule has 1 aliphatic rings. The van der Waals surface area contributed by atoms with Crippen LogP contribution in [0.1, 0.15) is 11.3 Å². The van der Waals surface area contributed by atoms with Crippen molar-refractivity contribution in [3.05, 3.63) is 64.1 Å². The Kier molecular flexibility index (Phi) is 7.48. The fraction of sp³-hybridized carbons (Fsp3) is 0.381. The minimum Gasteiger partial charge on any atom is -0.368 e. The molecule has 0 atom stereocenters. The second-order valence-electron chi connectivity index (χ2n) is 6.82. The van der Waals surface area contributed by atoms with E-state index in [0.717, 1.165) is 36.2 Å². The summed E-state index contributed by atoms with van der Waals surface area (Å²) in [7, 11) is 0. The molecule has 0 saturated carbocycles. The molecule has 2 aromatic rings. The number of rotatable bonds is 8. The molecule has 0 radical (unpaired) electrons. The Hall–Kier alpha value is -1.89. The van der Waals surface area contributed by atoms with Crippen LogP contribution in [0.15, 0.2) is 49.1 Å². The van der Waals surface area contributed by atoms with E-state index in [1.807, 2.05) is 23.1 Å². The molecule has 0 bridgehead atoms. The Labute approximate surface area is 174 Å². The maximum atomic E-state index is 13.1. The lowest BCUT2D eigenvalue weighted by molar-refractivity contribution is -0.131. The number of hydrogen-bond donors (Lipinski definition) is 0. The summed E-state index contributed by atoms with van der Waals surface area (Å²) in [6.45, 7) is 8.94. The van der Waals surface area contributed by atoms with E-state index in [-0.39, 0.29) is 11.7 Å². The Balaban J connectivity index is 1.46. The second kappa shape index (κ2) is 10.0. The van der Waals surface area contributed by atoms with Gasteiger partial charge in [0.15, 0.2) is 0 Å². The lowest BCUT2D eigenvalue weighted by atomic mass is 10.2. The molecule has 1 saturated heterocycles. The summed E-state index contributed by atoms with van der Waals surface area (Å²) in [5.74, 6) is -0.0523. The monoisotopic (exact) mass is 421 g/mol. The molecule has 1 amide bonds. The largest absolute Gasteiger partial charge is 0.368 e. The van der Waals surface area contributed by atoms with Crippen LogP contribution in [0.3, 0.4) is 0 Å². The van der Waals surface area contributed by atoms with Gasteiger partial charge in [0.25, 0.3) is 0 Å². The minimum absolute atomic E-state index is 0.178. The van der Waals surface area contributed by atoms with Crippen LogP contribution >= 0.6 is 22.9 Å². The van der Waals surface area contributed by atoms with Crippen molar-refractivity contribution in [3.8, 4) is 0 Å². The second-order valence-corrected chi connectivity index (χ2v) is 8.62. The molecule has 28 heavy (non-hydrogen) atoms. The van der Waals surface area contributed by atoms with Gasteiger partial charge < -0.3 is 9.80 Å². The molecule has 0 unspecified atom stereocenters. The number of amides is 1. The summed E-state index contributed by atoms with van der Waals surface area (Å²) in [6.07, 6.45) is 2.35. The Morgan fingerprint density at radius 1 is 1.18 bits per heavy atom. The molecular weight excluding hydrogens is 397 g/mol. The third-order valence-electron chi connectivity index (χ3n) is 4.86. The normalized spacial score (nSPS) is 14.5. The number of hydrogen-bond acceptors (Lipinski definition) is 4. The van der Waals surface area contributed by atoms with Crippen LogP contribution in [0, 0.1) is 5.82 Å². The van der Waals surface area contributed by atoms with Crippen molar-refractivity contribution in [1.29, 1.82) is 0 Å². The Morgan fingerprint density at radius 2 is 1.89 bits per heavy atom. The van der Waals surface area contributed by atoms with Crippen molar-refractivity contribution in [1.82, 2.24) is 9.80 Å². The Bertz CT molecular complexity index is 787. The first-order valence-electron chi connectivity index (χ1n) is 9.41. The summed E-state index contributed by atoms with van der Waals surface area (Å²) in [5.41, 5.74) is 1.00. The van der Waals surface area contributed by atoms with Crippen LogP contribution in [0.4, 0.5) is 10.1 Å². The first-order valence-corrected chi connectivity index (χ1v) is 10.6. The van der Waals surface area contributed by atoms with Crippen molar-refractivity contribution in [2.45, 2.75) is 13.0 Å². The van der Waals surface area contributed by atoms with Gasteiger partial charge in [-0.05, 0) is 36.4 Å². The van der Waals surface area contributed by atoms with Crippen LogP contribution in [-0.2, 0) is 11.3 Å². The highest BCUT2D eigenvalue weighted by Crippen LogP contribution is 2.23. The van der Waals surface area contributed by atoms with Gasteiger partial charge in [-0.15, -0.1) is 17.9 Å². The molecule has 0 N–H and O–H groups in total. The summed E-state index contributed by atoms with van der Waals surface area (Å²) in [5, 5.41) is 0. The molecule has 0 spiro atoms. The van der Waals surface area contributed by atoms with Gasteiger partial charge >= 0.3 is 0 Å². The van der Waals surface area contributed by atoms with Crippen LogP contribution < -0.4 is 4.90 Å². The van der Waals surface area contributed by atoms with E-state index in [1.54, 1.807) is 23.5 Å². The molecule has 0 aliphatic carbocycles. The first kappa shape index (κ1) is 20.8. The predicted molar refractivity (Wildman–Crippen MR) is 115 cm³/mol. The van der Waals surface area contributed by atoms with E-state index in [0.29, 0.717) is 26.1 Å². The van der Waals surface area contributed by atoms with Crippen molar-refractivity contribution in [3.63, 3.8) is 0 Å². The molecule has 7 heteroatoms. The molecular formula is C21H25ClFN3OS. The average Bonchev–Trinajstić information content (AvgIpc) is 3.11. The number of piperazine rings is 1. The molecule has 4 nitrogen and oxygen atoms in total. The summed E-state index contributed by atoms with van der Waals surface area (Å²) < 4.78 is 13.9. The van der Waals surface area contributed by atoms with Crippen molar-refractivity contribution in [2.75, 3.05) is 44.2 Å². The maximum Gasteiger partial charge on any atom is 0.223 e. The zero-order valence-corrected chi connectivity index (χ0v) is 17.4. The summed E-state index contributed by atoms with van der Waals surface area (Å²) >= 11 is 7.58. The van der Waals surface area contributed by atoms with Gasteiger partial charge in [-0.1, -0.05) is 17.7 Å². The molecule has 1 aliphatic heterocycles. The first-order chi connectivity index (χ1) is 13.5. The predicted octanol–water partition coefficient (Wildman–Crippen LogP) is 4.27. The van der Waals surface area contributed by atoms with Crippen LogP contribution in [0.5, 0.6) is 0 Å². The lowest BCUT2D eigenvalue weighted by Crippen LogP contribution is -2.49. The van der Waals surface area contributed by atoms with E-state index in [9.17, 15) is 9.18 Å². The minimum atomic E-state index is -0.230. The highest BCUT2D eigenvalue weighted by Gasteiger charge is 2.21. The van der Waals surface area contributed by atoms with Gasteiger partial charge in [0.1, 0.15) is 5.82 Å². The topological polar surface area (TPSA) is 26.8 Å². The Morgan fingerprint density at radius 3 is 2.50 bits per heavy atom. The highest BCUT2D eigenvalue weighted by atomic mass is 35.5. The zero-order chi connectivity index (χ0) is 19.9. The fourth-order valence-corrected chi connectivity index (χ4v) is 4.48. The van der Waals surface area contributed by atoms with Gasteiger partial charge in [-0.25, -0.2) is 4.39 Å². The zero-order valence-electron chi connectivity index (χ0n) is 15.8. The third-order valence-corrected chi connectivity index (χ3v) is 6.08. The smallest absolute Gasteiger partial charge is 0.223 e. The van der Waals surface area contributed by atoms with Crippen LogP contribution in [0.25, 0.3) is 0 Å². The number of nitrogens with zero attached hydrogens (tertiary/aromatic N) is 3. The van der Waals surface area contributed by atoms with Gasteiger partial charge in [-0.2, -0.15) is 0 Å². The van der Waals surface area contributed by atoms with Crippen molar-refractivity contribution in [2.24, 2.45) is 0 Å². The average molecular weight is 422 g/mol. The van der Waals surface area contributed by atoms with E-state index < -0.39 is 0 Å². The van der Waals surface area contributed by atoms with E-state index in [4.69, 9.17) is 11.6 Å². The number of benzene rings is 1. The van der Waals surface area contributed by atoms with Crippen LogP contribution in [-0.4, -0.2) is 55.0 Å². The molecule has 2 heterocycles. The van der Waals surface area contributed by atoms with Crippen molar-refractivity contribution >= 4 is 34.5 Å². The van der Waals surface area contributed by atoms with Gasteiger partial charge in [0.05, 0.1) is 4.34 Å². The molecule has 1 aromatic carbocycles. The molecule has 150 valence electrons. The maximum absolute atomic E-state index is 13.1. The molecule has 1 aromatic heterocycles. The number of halogens is 2. The quantitative estimate of drug-likeness (QED) is 0.595. The van der Waals surface area contributed by atoms with Crippen molar-refractivity contribution < 1.29 is 9.18 Å². The molecule has 1 fully saturated rings. The standard InChI is InChI=1S/C21H25ClFN3OS/c1-2-10-24(16-19-7-8-20(22)28-19)11-9-21(27)26-14-12-25(13-15-26)18-5-3-17(23)4-6-18/h2-8H,1,9-16H2. The van der Waals surface area contributed by atoms with E-state index in [1.165, 1.54) is 17.0 Å². The lowest BCUT2D eigenvalue weighted by Gasteiger charge is -2.36. The molecule has 3 rings (SSSR count). The van der Waals surface area contributed by atoms with Gasteiger partial charge in [0, 0.05) is 62.8 Å². The SMILES string of the molecule is C=CCN(CCC(=O)N1CCN(c2ccc(F)cc2)CC1)Cc1ccc(Cl)s1. The number of carbonyl (C=O) groups excluding carboxylic acids is 1. The summed E-state index contributed by atoms with van der Waals surface area (Å²) in [4.78, 5) is 20.1. The number of carbonyl (C=O) groups is 1. The fourth-order valence-electron chi connectivity index (χ4n) is 3.35. The third kappa shape index (κ3) is 5.80. The number of thiophene rings is 1. The number of anilines is 1. The van der Waals surface area contributed by atoms with Gasteiger partial charge in [-0.3, -0.25) is 9.69 Å². The van der Waals surface area contributed by atoms with Gasteiger partial charge in [0.2, 0.25) is 5.91 Å². The summed E-state index contributed by atoms with van der Waals surface area (Å²) in [6, 6.07) is 10.5. The van der Waals surface area contributed by atoms with E-state index >= 15 is 0 Å². The van der Waals surface area contributed by atoms with E-state index in [2.05, 4.69) is 16.4 Å². The van der Waals surface area contributed by atoms with Crippen LogP contribution in [0.2, 0.25) is 4.34 Å².